The fraction of sp³-hybridized carbons (Fsp3) is 0.267. The van der Waals surface area contributed by atoms with E-state index < -0.39 is 0 Å². The van der Waals surface area contributed by atoms with E-state index in [1.54, 1.807) is 29.6 Å². The molecule has 0 saturated heterocycles. The molecule has 0 amide bonds. The standard InChI is InChI=1S/C15H15N5O2/c1-4-12-16-15-18-17-13(9(2)20(15)19-12)14(21)10-7-5-6-8-11(10)22-3/h5-8H,4H2,1-3H3. The molecule has 0 N–H and O–H groups in total. The number of aryl methyl sites for hydroxylation is 2. The first-order valence-electron chi connectivity index (χ1n) is 6.92. The van der Waals surface area contributed by atoms with Gasteiger partial charge < -0.3 is 4.74 Å². The minimum Gasteiger partial charge on any atom is -0.496 e. The minimum absolute atomic E-state index is 0.240. The molecule has 112 valence electrons. The van der Waals surface area contributed by atoms with Gasteiger partial charge >= 0.3 is 0 Å². The summed E-state index contributed by atoms with van der Waals surface area (Å²) in [7, 11) is 1.53. The van der Waals surface area contributed by atoms with E-state index in [1.807, 2.05) is 13.0 Å². The summed E-state index contributed by atoms with van der Waals surface area (Å²) in [5.74, 6) is 1.31. The Morgan fingerprint density at radius 2 is 2.05 bits per heavy atom. The van der Waals surface area contributed by atoms with Crippen molar-refractivity contribution in [1.29, 1.82) is 0 Å². The average molecular weight is 297 g/mol. The van der Waals surface area contributed by atoms with Gasteiger partial charge in [-0.05, 0) is 19.1 Å². The highest BCUT2D eigenvalue weighted by Gasteiger charge is 2.21. The van der Waals surface area contributed by atoms with Crippen LogP contribution in [0, 0.1) is 6.92 Å². The second-order valence-corrected chi connectivity index (χ2v) is 4.76. The fourth-order valence-corrected chi connectivity index (χ4v) is 2.22. The van der Waals surface area contributed by atoms with Gasteiger partial charge in [-0.15, -0.1) is 15.3 Å². The summed E-state index contributed by atoms with van der Waals surface area (Å²) in [5, 5.41) is 12.3. The van der Waals surface area contributed by atoms with Crippen LogP contribution in [-0.4, -0.2) is 37.7 Å². The van der Waals surface area contributed by atoms with Crippen molar-refractivity contribution >= 4 is 11.6 Å². The minimum atomic E-state index is -0.252. The second-order valence-electron chi connectivity index (χ2n) is 4.76. The molecular formula is C15H15N5O2. The molecule has 0 saturated carbocycles. The summed E-state index contributed by atoms with van der Waals surface area (Å²) in [5.41, 5.74) is 1.29. The lowest BCUT2D eigenvalue weighted by Crippen LogP contribution is -2.13. The molecule has 7 nitrogen and oxygen atoms in total. The van der Waals surface area contributed by atoms with Crippen LogP contribution in [0.2, 0.25) is 0 Å². The predicted octanol–water partition coefficient (Wildman–Crippen LogP) is 1.63. The van der Waals surface area contributed by atoms with E-state index in [1.165, 1.54) is 7.11 Å². The fourth-order valence-electron chi connectivity index (χ4n) is 2.22. The van der Waals surface area contributed by atoms with Crippen molar-refractivity contribution in [3.05, 3.63) is 47.0 Å². The molecule has 2 heterocycles. The number of nitrogens with zero attached hydrogens (tertiary/aromatic N) is 5. The van der Waals surface area contributed by atoms with E-state index in [0.29, 0.717) is 35.0 Å². The molecule has 7 heteroatoms. The summed E-state index contributed by atoms with van der Waals surface area (Å²) >= 11 is 0. The maximum atomic E-state index is 12.7. The molecular weight excluding hydrogens is 282 g/mol. The zero-order valence-corrected chi connectivity index (χ0v) is 12.6. The lowest BCUT2D eigenvalue weighted by molar-refractivity contribution is 0.102. The van der Waals surface area contributed by atoms with Gasteiger partial charge in [0.25, 0.3) is 5.78 Å². The highest BCUT2D eigenvalue weighted by atomic mass is 16.5. The van der Waals surface area contributed by atoms with Gasteiger partial charge in [0, 0.05) is 6.42 Å². The van der Waals surface area contributed by atoms with Gasteiger partial charge in [0.2, 0.25) is 5.78 Å². The second kappa shape index (κ2) is 5.51. The van der Waals surface area contributed by atoms with Gasteiger partial charge in [-0.3, -0.25) is 4.79 Å². The Bertz CT molecular complexity index is 856. The van der Waals surface area contributed by atoms with Crippen LogP contribution in [0.1, 0.15) is 34.5 Å². The number of fused-ring (bicyclic) bond motifs is 1. The maximum absolute atomic E-state index is 12.7. The van der Waals surface area contributed by atoms with E-state index in [4.69, 9.17) is 4.74 Å². The smallest absolute Gasteiger partial charge is 0.272 e. The summed E-state index contributed by atoms with van der Waals surface area (Å²) in [6, 6.07) is 7.02. The maximum Gasteiger partial charge on any atom is 0.272 e. The number of ether oxygens (including phenoxy) is 1. The highest BCUT2D eigenvalue weighted by Crippen LogP contribution is 2.21. The third-order valence-electron chi connectivity index (χ3n) is 3.42. The van der Waals surface area contributed by atoms with E-state index in [-0.39, 0.29) is 11.5 Å². The van der Waals surface area contributed by atoms with Crippen LogP contribution in [0.4, 0.5) is 0 Å². The van der Waals surface area contributed by atoms with Crippen LogP contribution >= 0.6 is 0 Å². The monoisotopic (exact) mass is 297 g/mol. The van der Waals surface area contributed by atoms with Crippen molar-refractivity contribution in [3.63, 3.8) is 0 Å². The molecule has 1 aromatic carbocycles. The summed E-state index contributed by atoms with van der Waals surface area (Å²) in [4.78, 5) is 17.0. The normalized spacial score (nSPS) is 10.9. The van der Waals surface area contributed by atoms with Gasteiger partial charge in [0.1, 0.15) is 5.75 Å². The molecule has 0 radical (unpaired) electrons. The molecule has 0 atom stereocenters. The number of para-hydroxylation sites is 1. The van der Waals surface area contributed by atoms with Crippen molar-refractivity contribution in [1.82, 2.24) is 24.8 Å². The number of carbonyl (C=O) groups excluding carboxylic acids is 1. The third-order valence-corrected chi connectivity index (χ3v) is 3.42. The van der Waals surface area contributed by atoms with Crippen LogP contribution < -0.4 is 4.74 Å². The van der Waals surface area contributed by atoms with E-state index >= 15 is 0 Å². The Morgan fingerprint density at radius 3 is 2.77 bits per heavy atom. The molecule has 3 aromatic rings. The molecule has 0 aliphatic carbocycles. The molecule has 0 spiro atoms. The summed E-state index contributed by atoms with van der Waals surface area (Å²) in [6.45, 7) is 3.73. The average Bonchev–Trinajstić information content (AvgIpc) is 2.99. The van der Waals surface area contributed by atoms with Gasteiger partial charge in [-0.1, -0.05) is 19.1 Å². The van der Waals surface area contributed by atoms with Crippen molar-refractivity contribution < 1.29 is 9.53 Å². The number of benzene rings is 1. The Morgan fingerprint density at radius 1 is 1.27 bits per heavy atom. The van der Waals surface area contributed by atoms with Crippen molar-refractivity contribution in [2.24, 2.45) is 0 Å². The molecule has 0 bridgehead atoms. The van der Waals surface area contributed by atoms with Gasteiger partial charge in [0.05, 0.1) is 18.4 Å². The number of carbonyl (C=O) groups is 1. The molecule has 3 rings (SSSR count). The zero-order chi connectivity index (χ0) is 15.7. The first-order valence-corrected chi connectivity index (χ1v) is 6.92. The number of hydrogen-bond acceptors (Lipinski definition) is 6. The lowest BCUT2D eigenvalue weighted by atomic mass is 10.1. The van der Waals surface area contributed by atoms with Crippen molar-refractivity contribution in [2.45, 2.75) is 20.3 Å². The van der Waals surface area contributed by atoms with Crippen LogP contribution in [0.5, 0.6) is 5.75 Å². The van der Waals surface area contributed by atoms with Crippen molar-refractivity contribution in [3.8, 4) is 5.75 Å². The summed E-state index contributed by atoms with van der Waals surface area (Å²) < 4.78 is 6.78. The van der Waals surface area contributed by atoms with Gasteiger partial charge in [0.15, 0.2) is 11.5 Å². The number of methoxy groups -OCH3 is 1. The highest BCUT2D eigenvalue weighted by molar-refractivity contribution is 6.10. The SMILES string of the molecule is CCc1nc2nnc(C(=O)c3ccccc3OC)c(C)n2n1. The molecule has 22 heavy (non-hydrogen) atoms. The Hall–Kier alpha value is -2.83. The van der Waals surface area contributed by atoms with Gasteiger partial charge in [-0.2, -0.15) is 9.50 Å². The number of ketones is 1. The van der Waals surface area contributed by atoms with E-state index in [2.05, 4.69) is 20.3 Å². The lowest BCUT2D eigenvalue weighted by Gasteiger charge is -2.08. The molecule has 0 aliphatic heterocycles. The predicted molar refractivity (Wildman–Crippen MR) is 79.1 cm³/mol. The Kier molecular flexibility index (Phi) is 3.54. The Labute approximate surface area is 127 Å². The van der Waals surface area contributed by atoms with E-state index in [0.717, 1.165) is 0 Å². The summed E-state index contributed by atoms with van der Waals surface area (Å²) in [6.07, 6.45) is 0.693. The first-order chi connectivity index (χ1) is 10.7. The third kappa shape index (κ3) is 2.20. The van der Waals surface area contributed by atoms with Crippen LogP contribution in [0.25, 0.3) is 5.78 Å². The largest absolute Gasteiger partial charge is 0.496 e. The van der Waals surface area contributed by atoms with Crippen LogP contribution in [-0.2, 0) is 6.42 Å². The first kappa shape index (κ1) is 14.1. The topological polar surface area (TPSA) is 82.3 Å². The van der Waals surface area contributed by atoms with Crippen molar-refractivity contribution in [2.75, 3.05) is 7.11 Å². The number of aromatic nitrogens is 5. The molecule has 2 aromatic heterocycles. The molecule has 0 aliphatic rings. The quantitative estimate of drug-likeness (QED) is 0.681. The van der Waals surface area contributed by atoms with Crippen LogP contribution in [0.3, 0.4) is 0 Å². The number of rotatable bonds is 4. The Balaban J connectivity index is 2.13. The van der Waals surface area contributed by atoms with Crippen LogP contribution in [0.15, 0.2) is 24.3 Å². The zero-order valence-electron chi connectivity index (χ0n) is 12.6. The molecule has 0 fully saturated rings. The molecule has 0 unspecified atom stereocenters. The van der Waals surface area contributed by atoms with E-state index in [9.17, 15) is 4.79 Å². The number of hydrogen-bond donors (Lipinski definition) is 0. The van der Waals surface area contributed by atoms with Gasteiger partial charge in [-0.25, -0.2) is 0 Å².